The van der Waals surface area contributed by atoms with Crippen LogP contribution in [0.3, 0.4) is 0 Å². The lowest BCUT2D eigenvalue weighted by Gasteiger charge is -1.99. The summed E-state index contributed by atoms with van der Waals surface area (Å²) in [5.74, 6) is 0. The average Bonchev–Trinajstić information content (AvgIpc) is 2.58. The van der Waals surface area contributed by atoms with E-state index >= 15 is 0 Å². The Kier molecular flexibility index (Phi) is 2.21. The summed E-state index contributed by atoms with van der Waals surface area (Å²) in [6.07, 6.45) is 7.20. The summed E-state index contributed by atoms with van der Waals surface area (Å²) in [6, 6.07) is 0. The Balaban J connectivity index is 2.35. The molecule has 0 aromatic carbocycles. The van der Waals surface area contributed by atoms with E-state index in [4.69, 9.17) is 0 Å². The van der Waals surface area contributed by atoms with Gasteiger partial charge in [0.2, 0.25) is 0 Å². The van der Waals surface area contributed by atoms with Gasteiger partial charge in [0.05, 0.1) is 19.1 Å². The largest absolute Gasteiger partial charge is 0.310 e. The molecule has 0 fully saturated rings. The lowest BCUT2D eigenvalue weighted by atomic mass is 10.3. The normalized spacial score (nSPS) is 10.8. The molecule has 67 valence electrons. The van der Waals surface area contributed by atoms with Crippen LogP contribution in [0.5, 0.6) is 0 Å². The molecule has 0 saturated heterocycles. The van der Waals surface area contributed by atoms with Crippen molar-refractivity contribution in [2.45, 2.75) is 19.8 Å². The molecular weight excluding hydrogens is 164 g/mol. The SMILES string of the molecule is CCC[CH]n1cnc2cncnc21. The molecule has 2 rings (SSSR count). The van der Waals surface area contributed by atoms with Crippen molar-refractivity contribution in [2.75, 3.05) is 0 Å². The zero-order chi connectivity index (χ0) is 9.10. The molecular formula is C9H11N4. The topological polar surface area (TPSA) is 43.6 Å². The summed E-state index contributed by atoms with van der Waals surface area (Å²) in [6.45, 7) is 4.23. The molecule has 0 saturated carbocycles. The molecule has 0 spiro atoms. The van der Waals surface area contributed by atoms with Crippen molar-refractivity contribution in [3.63, 3.8) is 0 Å². The Labute approximate surface area is 76.7 Å². The van der Waals surface area contributed by atoms with E-state index in [2.05, 4.69) is 28.4 Å². The number of fused-ring (bicyclic) bond motifs is 1. The number of nitrogens with zero attached hydrogens (tertiary/aromatic N) is 4. The van der Waals surface area contributed by atoms with Gasteiger partial charge in [-0.2, -0.15) is 0 Å². The van der Waals surface area contributed by atoms with Gasteiger partial charge in [-0.3, -0.25) is 0 Å². The zero-order valence-electron chi connectivity index (χ0n) is 7.51. The molecule has 0 amide bonds. The monoisotopic (exact) mass is 175 g/mol. The summed E-state index contributed by atoms with van der Waals surface area (Å²) in [5.41, 5.74) is 1.72. The lowest BCUT2D eigenvalue weighted by molar-refractivity contribution is 0.806. The van der Waals surface area contributed by atoms with Crippen molar-refractivity contribution in [2.24, 2.45) is 0 Å². The maximum Gasteiger partial charge on any atom is 0.163 e. The zero-order valence-corrected chi connectivity index (χ0v) is 7.51. The fourth-order valence-electron chi connectivity index (χ4n) is 1.19. The molecule has 2 aromatic rings. The standard InChI is InChI=1S/C9H11N4/c1-2-3-4-13-7-12-8-5-10-6-11-9(8)13/h4-7H,2-3H2,1H3. The number of hydrogen-bond acceptors (Lipinski definition) is 3. The van der Waals surface area contributed by atoms with Gasteiger partial charge in [-0.05, 0) is 6.42 Å². The summed E-state index contributed by atoms with van der Waals surface area (Å²) in [5, 5.41) is 0. The number of hydrogen-bond donors (Lipinski definition) is 0. The number of aromatic nitrogens is 4. The first-order chi connectivity index (χ1) is 6.42. The summed E-state index contributed by atoms with van der Waals surface area (Å²) >= 11 is 0. The Hall–Kier alpha value is -1.45. The van der Waals surface area contributed by atoms with Gasteiger partial charge in [0.25, 0.3) is 0 Å². The second kappa shape index (κ2) is 3.51. The van der Waals surface area contributed by atoms with E-state index in [1.165, 1.54) is 0 Å². The van der Waals surface area contributed by atoms with Crippen molar-refractivity contribution >= 4 is 11.2 Å². The van der Waals surface area contributed by atoms with E-state index in [1.54, 1.807) is 18.9 Å². The van der Waals surface area contributed by atoms with Crippen molar-refractivity contribution in [3.05, 3.63) is 25.4 Å². The Bertz CT molecular complexity index is 393. The minimum absolute atomic E-state index is 0.842. The van der Waals surface area contributed by atoms with Crippen molar-refractivity contribution in [3.8, 4) is 0 Å². The molecule has 0 atom stereocenters. The van der Waals surface area contributed by atoms with E-state index in [1.807, 2.05) is 4.57 Å². The first-order valence-corrected chi connectivity index (χ1v) is 4.37. The van der Waals surface area contributed by atoms with Crippen LogP contribution in [-0.4, -0.2) is 19.5 Å². The number of unbranched alkanes of at least 4 members (excludes halogenated alkanes) is 1. The van der Waals surface area contributed by atoms with Crippen LogP contribution >= 0.6 is 0 Å². The lowest BCUT2D eigenvalue weighted by Crippen LogP contribution is -1.94. The third-order valence-electron chi connectivity index (χ3n) is 1.85. The van der Waals surface area contributed by atoms with Crippen LogP contribution in [0.1, 0.15) is 19.8 Å². The molecule has 0 aliphatic carbocycles. The van der Waals surface area contributed by atoms with Crippen LogP contribution in [0.25, 0.3) is 11.2 Å². The predicted octanol–water partition coefficient (Wildman–Crippen LogP) is 1.64. The highest BCUT2D eigenvalue weighted by Gasteiger charge is 2.01. The molecule has 1 radical (unpaired) electrons. The third kappa shape index (κ3) is 1.52. The van der Waals surface area contributed by atoms with Gasteiger partial charge in [-0.25, -0.2) is 15.0 Å². The van der Waals surface area contributed by atoms with Crippen molar-refractivity contribution in [1.29, 1.82) is 0 Å². The number of rotatable bonds is 3. The molecule has 13 heavy (non-hydrogen) atoms. The van der Waals surface area contributed by atoms with E-state index < -0.39 is 0 Å². The summed E-state index contributed by atoms with van der Waals surface area (Å²) in [7, 11) is 0. The first kappa shape index (κ1) is 8.16. The quantitative estimate of drug-likeness (QED) is 0.712. The third-order valence-corrected chi connectivity index (χ3v) is 1.85. The Morgan fingerprint density at radius 1 is 1.46 bits per heavy atom. The van der Waals surface area contributed by atoms with Crippen molar-refractivity contribution < 1.29 is 0 Å². The highest BCUT2D eigenvalue weighted by Crippen LogP contribution is 2.09. The van der Waals surface area contributed by atoms with E-state index in [0.29, 0.717) is 0 Å². The fraction of sp³-hybridized carbons (Fsp3) is 0.333. The molecule has 0 N–H and O–H groups in total. The molecule has 2 heterocycles. The van der Waals surface area contributed by atoms with Gasteiger partial charge < -0.3 is 4.57 Å². The van der Waals surface area contributed by atoms with Gasteiger partial charge in [0.1, 0.15) is 11.8 Å². The predicted molar refractivity (Wildman–Crippen MR) is 49.9 cm³/mol. The highest BCUT2D eigenvalue weighted by atomic mass is 15.1. The Morgan fingerprint density at radius 2 is 2.38 bits per heavy atom. The molecule has 0 bridgehead atoms. The number of imidazole rings is 1. The molecule has 0 unspecified atom stereocenters. The van der Waals surface area contributed by atoms with Crippen LogP contribution in [0.2, 0.25) is 0 Å². The highest BCUT2D eigenvalue weighted by molar-refractivity contribution is 5.69. The van der Waals surface area contributed by atoms with Gasteiger partial charge in [-0.1, -0.05) is 13.3 Å². The van der Waals surface area contributed by atoms with Crippen LogP contribution in [0.15, 0.2) is 18.9 Å². The first-order valence-electron chi connectivity index (χ1n) is 4.37. The second-order valence-electron chi connectivity index (χ2n) is 2.85. The fourth-order valence-corrected chi connectivity index (χ4v) is 1.19. The molecule has 0 aliphatic rings. The van der Waals surface area contributed by atoms with Crippen LogP contribution in [0, 0.1) is 6.54 Å². The van der Waals surface area contributed by atoms with Crippen LogP contribution in [-0.2, 0) is 0 Å². The second-order valence-corrected chi connectivity index (χ2v) is 2.85. The minimum Gasteiger partial charge on any atom is -0.310 e. The maximum atomic E-state index is 4.18. The van der Waals surface area contributed by atoms with Gasteiger partial charge >= 0.3 is 0 Å². The summed E-state index contributed by atoms with van der Waals surface area (Å²) < 4.78 is 1.94. The van der Waals surface area contributed by atoms with Gasteiger partial charge in [-0.15, -0.1) is 0 Å². The van der Waals surface area contributed by atoms with E-state index in [9.17, 15) is 0 Å². The maximum absolute atomic E-state index is 4.18. The minimum atomic E-state index is 0.842. The van der Waals surface area contributed by atoms with Gasteiger partial charge in [0.15, 0.2) is 5.65 Å². The molecule has 4 nitrogen and oxygen atoms in total. The average molecular weight is 175 g/mol. The van der Waals surface area contributed by atoms with Gasteiger partial charge in [0, 0.05) is 0 Å². The molecule has 0 aliphatic heterocycles. The van der Waals surface area contributed by atoms with Crippen molar-refractivity contribution in [1.82, 2.24) is 19.5 Å². The smallest absolute Gasteiger partial charge is 0.163 e. The van der Waals surface area contributed by atoms with Crippen LogP contribution in [0.4, 0.5) is 0 Å². The van der Waals surface area contributed by atoms with Crippen LogP contribution < -0.4 is 0 Å². The molecule has 2 aromatic heterocycles. The van der Waals surface area contributed by atoms with E-state index in [0.717, 1.165) is 24.0 Å². The summed E-state index contributed by atoms with van der Waals surface area (Å²) in [4.78, 5) is 12.2. The Morgan fingerprint density at radius 3 is 3.23 bits per heavy atom. The van der Waals surface area contributed by atoms with E-state index in [-0.39, 0.29) is 0 Å². The molecule has 4 heteroatoms.